The number of esters is 1. The molecule has 3 rings (SSSR count). The summed E-state index contributed by atoms with van der Waals surface area (Å²) in [4.78, 5) is 23.9. The van der Waals surface area contributed by atoms with Crippen molar-refractivity contribution < 1.29 is 27.8 Å². The zero-order chi connectivity index (χ0) is 20.8. The lowest BCUT2D eigenvalue weighted by atomic mass is 9.97. The van der Waals surface area contributed by atoms with Crippen LogP contribution in [-0.2, 0) is 16.0 Å². The Hall–Kier alpha value is -3.54. The van der Waals surface area contributed by atoms with Crippen LogP contribution in [0, 0.1) is 11.6 Å². The fourth-order valence-corrected chi connectivity index (χ4v) is 2.81. The molecule has 0 aliphatic rings. The first-order valence-electron chi connectivity index (χ1n) is 8.83. The van der Waals surface area contributed by atoms with Gasteiger partial charge in [-0.2, -0.15) is 0 Å². The maximum Gasteiger partial charge on any atom is 0.343 e. The summed E-state index contributed by atoms with van der Waals surface area (Å²) < 4.78 is 37.6. The maximum absolute atomic E-state index is 14.3. The van der Waals surface area contributed by atoms with Gasteiger partial charge in [0, 0.05) is 6.42 Å². The average Bonchev–Trinajstić information content (AvgIpc) is 2.72. The quantitative estimate of drug-likeness (QED) is 0.432. The van der Waals surface area contributed by atoms with E-state index >= 15 is 0 Å². The Bertz CT molecular complexity index is 1050. The molecule has 0 aliphatic carbocycles. The second-order valence-electron chi connectivity index (χ2n) is 6.32. The molecule has 0 unspecified atom stereocenters. The number of benzene rings is 3. The standard InChI is InChI=1S/C23H18F2O4/c1-28-23(27)14-29-19-7-2-4-15(10-19)11-22(26)20-13-17(8-9-21(20)25)16-5-3-6-18(24)12-16/h2-10,12-13H,11,14H2,1H3. The first kappa shape index (κ1) is 20.2. The molecule has 0 atom stereocenters. The molecule has 0 spiro atoms. The fourth-order valence-electron chi connectivity index (χ4n) is 2.81. The van der Waals surface area contributed by atoms with E-state index in [-0.39, 0.29) is 18.6 Å². The normalized spacial score (nSPS) is 10.4. The predicted molar refractivity (Wildman–Crippen MR) is 104 cm³/mol. The lowest BCUT2D eigenvalue weighted by Gasteiger charge is -2.09. The number of rotatable bonds is 7. The van der Waals surface area contributed by atoms with Crippen molar-refractivity contribution in [2.75, 3.05) is 13.7 Å². The SMILES string of the molecule is COC(=O)COc1cccc(CC(=O)c2cc(-c3cccc(F)c3)ccc2F)c1. The van der Waals surface area contributed by atoms with E-state index in [4.69, 9.17) is 4.74 Å². The Kier molecular flexibility index (Phi) is 6.34. The van der Waals surface area contributed by atoms with Gasteiger partial charge in [-0.05, 0) is 53.1 Å². The van der Waals surface area contributed by atoms with E-state index in [1.807, 2.05) is 0 Å². The van der Waals surface area contributed by atoms with Gasteiger partial charge in [0.1, 0.15) is 17.4 Å². The minimum absolute atomic E-state index is 0.0566. The molecule has 0 aromatic heterocycles. The fraction of sp³-hybridized carbons (Fsp3) is 0.130. The van der Waals surface area contributed by atoms with Gasteiger partial charge in [-0.3, -0.25) is 4.79 Å². The van der Waals surface area contributed by atoms with Crippen LogP contribution in [0.3, 0.4) is 0 Å². The minimum atomic E-state index is -0.645. The van der Waals surface area contributed by atoms with E-state index in [1.54, 1.807) is 36.4 Å². The summed E-state index contributed by atoms with van der Waals surface area (Å²) in [6.45, 7) is -0.252. The first-order valence-corrected chi connectivity index (χ1v) is 8.83. The van der Waals surface area contributed by atoms with Gasteiger partial charge in [0.2, 0.25) is 0 Å². The Morgan fingerprint density at radius 3 is 2.41 bits per heavy atom. The molecule has 0 aliphatic heterocycles. The Morgan fingerprint density at radius 2 is 1.66 bits per heavy atom. The van der Waals surface area contributed by atoms with Crippen LogP contribution >= 0.6 is 0 Å². The molecule has 0 saturated carbocycles. The minimum Gasteiger partial charge on any atom is -0.482 e. The molecule has 0 saturated heterocycles. The van der Waals surface area contributed by atoms with Gasteiger partial charge in [-0.1, -0.05) is 30.3 Å². The van der Waals surface area contributed by atoms with Crippen LogP contribution in [0.5, 0.6) is 5.75 Å². The molecule has 0 heterocycles. The Morgan fingerprint density at radius 1 is 0.897 bits per heavy atom. The smallest absolute Gasteiger partial charge is 0.343 e. The summed E-state index contributed by atoms with van der Waals surface area (Å²) >= 11 is 0. The Balaban J connectivity index is 1.79. The van der Waals surface area contributed by atoms with E-state index in [0.717, 1.165) is 0 Å². The van der Waals surface area contributed by atoms with Crippen molar-refractivity contribution in [2.24, 2.45) is 0 Å². The molecule has 3 aromatic rings. The number of carbonyl (C=O) groups excluding carboxylic acids is 2. The van der Waals surface area contributed by atoms with Crippen LogP contribution in [-0.4, -0.2) is 25.5 Å². The van der Waals surface area contributed by atoms with Crippen molar-refractivity contribution in [3.05, 3.63) is 89.5 Å². The molecule has 148 valence electrons. The first-order chi connectivity index (χ1) is 14.0. The molecule has 6 heteroatoms. The van der Waals surface area contributed by atoms with E-state index in [9.17, 15) is 18.4 Å². The third kappa shape index (κ3) is 5.25. The number of carbonyl (C=O) groups is 2. The molecule has 3 aromatic carbocycles. The van der Waals surface area contributed by atoms with Crippen molar-refractivity contribution in [3.8, 4) is 16.9 Å². The highest BCUT2D eigenvalue weighted by Crippen LogP contribution is 2.24. The van der Waals surface area contributed by atoms with Gasteiger partial charge in [-0.25, -0.2) is 13.6 Å². The third-order valence-corrected chi connectivity index (χ3v) is 4.27. The number of methoxy groups -OCH3 is 1. The highest BCUT2D eigenvalue weighted by atomic mass is 19.1. The molecule has 0 radical (unpaired) electrons. The Labute approximate surface area is 166 Å². The number of hydrogen-bond donors (Lipinski definition) is 0. The van der Waals surface area contributed by atoms with Crippen molar-refractivity contribution in [3.63, 3.8) is 0 Å². The molecule has 0 bridgehead atoms. The zero-order valence-electron chi connectivity index (χ0n) is 15.7. The van der Waals surface area contributed by atoms with Gasteiger partial charge in [-0.15, -0.1) is 0 Å². The van der Waals surface area contributed by atoms with Gasteiger partial charge in [0.25, 0.3) is 0 Å². The summed E-state index contributed by atoms with van der Waals surface area (Å²) in [5.41, 5.74) is 1.63. The van der Waals surface area contributed by atoms with E-state index in [1.165, 1.54) is 37.4 Å². The van der Waals surface area contributed by atoms with Crippen LogP contribution in [0.25, 0.3) is 11.1 Å². The van der Waals surface area contributed by atoms with E-state index in [2.05, 4.69) is 4.74 Å². The summed E-state index contributed by atoms with van der Waals surface area (Å²) in [7, 11) is 1.26. The molecule has 0 amide bonds. The number of ketones is 1. The van der Waals surface area contributed by atoms with Crippen LogP contribution in [0.2, 0.25) is 0 Å². The van der Waals surface area contributed by atoms with Gasteiger partial charge < -0.3 is 9.47 Å². The van der Waals surface area contributed by atoms with E-state index < -0.39 is 23.4 Å². The topological polar surface area (TPSA) is 52.6 Å². The maximum atomic E-state index is 14.3. The lowest BCUT2D eigenvalue weighted by molar-refractivity contribution is -0.142. The molecular formula is C23H18F2O4. The highest BCUT2D eigenvalue weighted by molar-refractivity contribution is 5.98. The summed E-state index contributed by atoms with van der Waals surface area (Å²) in [5, 5.41) is 0. The monoisotopic (exact) mass is 396 g/mol. The number of halogens is 2. The average molecular weight is 396 g/mol. The van der Waals surface area contributed by atoms with Gasteiger partial charge >= 0.3 is 5.97 Å². The second kappa shape index (κ2) is 9.10. The number of ether oxygens (including phenoxy) is 2. The van der Waals surface area contributed by atoms with Gasteiger partial charge in [0.05, 0.1) is 12.7 Å². The predicted octanol–water partition coefficient (Wildman–Crippen LogP) is 4.61. The highest BCUT2D eigenvalue weighted by Gasteiger charge is 2.15. The van der Waals surface area contributed by atoms with Crippen molar-refractivity contribution in [1.82, 2.24) is 0 Å². The lowest BCUT2D eigenvalue weighted by Crippen LogP contribution is -2.12. The molecular weight excluding hydrogens is 378 g/mol. The van der Waals surface area contributed by atoms with Crippen LogP contribution < -0.4 is 4.74 Å². The van der Waals surface area contributed by atoms with Crippen LogP contribution in [0.1, 0.15) is 15.9 Å². The van der Waals surface area contributed by atoms with Crippen LogP contribution in [0.15, 0.2) is 66.7 Å². The summed E-state index contributed by atoms with van der Waals surface area (Å²) in [6.07, 6.45) is -0.0566. The van der Waals surface area contributed by atoms with Crippen molar-refractivity contribution in [2.45, 2.75) is 6.42 Å². The van der Waals surface area contributed by atoms with Crippen molar-refractivity contribution in [1.29, 1.82) is 0 Å². The number of Topliss-reactive ketones (excluding diaryl/α,β-unsaturated/α-hetero) is 1. The largest absolute Gasteiger partial charge is 0.482 e. The summed E-state index contributed by atoms with van der Waals surface area (Å²) in [6, 6.07) is 16.6. The molecule has 0 fully saturated rings. The second-order valence-corrected chi connectivity index (χ2v) is 6.32. The summed E-state index contributed by atoms with van der Waals surface area (Å²) in [5.74, 6) is -1.61. The van der Waals surface area contributed by atoms with Crippen LogP contribution in [0.4, 0.5) is 8.78 Å². The molecule has 29 heavy (non-hydrogen) atoms. The molecule has 4 nitrogen and oxygen atoms in total. The number of hydrogen-bond acceptors (Lipinski definition) is 4. The third-order valence-electron chi connectivity index (χ3n) is 4.27. The van der Waals surface area contributed by atoms with E-state index in [0.29, 0.717) is 22.4 Å². The van der Waals surface area contributed by atoms with Gasteiger partial charge in [0.15, 0.2) is 12.4 Å². The molecule has 0 N–H and O–H groups in total. The van der Waals surface area contributed by atoms with Crippen molar-refractivity contribution >= 4 is 11.8 Å². The zero-order valence-corrected chi connectivity index (χ0v) is 15.7.